The van der Waals surface area contributed by atoms with E-state index in [2.05, 4.69) is 58.7 Å². The number of nitrogens with zero attached hydrogens (tertiary/aromatic N) is 2. The largest absolute Gasteiger partial charge is 0.481 e. The molecule has 294 valence electrons. The van der Waals surface area contributed by atoms with Crippen molar-refractivity contribution in [2.24, 2.45) is 56.2 Å². The first-order valence-electron chi connectivity index (χ1n) is 20.1. The zero-order valence-corrected chi connectivity index (χ0v) is 33.5. The summed E-state index contributed by atoms with van der Waals surface area (Å²) < 4.78 is 40.5. The van der Waals surface area contributed by atoms with E-state index in [-0.39, 0.29) is 63.3 Å². The first kappa shape index (κ1) is 38.8. The van der Waals surface area contributed by atoms with E-state index in [0.29, 0.717) is 30.6 Å². The topological polar surface area (TPSA) is 120 Å². The Morgan fingerprint density at radius 3 is 2.35 bits per heavy atom. The molecule has 1 aromatic heterocycles. The smallest absolute Gasteiger partial charge is 0.309 e. The quantitative estimate of drug-likeness (QED) is 0.265. The minimum absolute atomic E-state index is 0.00742. The average molecular weight is 749 g/mol. The number of aromatic nitrogens is 2. The van der Waals surface area contributed by atoms with E-state index < -0.39 is 34.4 Å². The molecule has 1 heterocycles. The highest BCUT2D eigenvalue weighted by Gasteiger charge is 2.70. The fraction of sp³-hybridized carbons (Fsp3) is 0.705. The van der Waals surface area contributed by atoms with E-state index in [0.717, 1.165) is 63.0 Å². The molecule has 8 atom stereocenters. The summed E-state index contributed by atoms with van der Waals surface area (Å²) in [4.78, 5) is 38.9. The fourth-order valence-electron chi connectivity index (χ4n) is 13.2. The molecule has 0 spiro atoms. The van der Waals surface area contributed by atoms with Crippen molar-refractivity contribution >= 4 is 17.7 Å². The van der Waals surface area contributed by atoms with E-state index in [1.54, 1.807) is 13.8 Å². The van der Waals surface area contributed by atoms with Crippen LogP contribution in [0.3, 0.4) is 0 Å². The number of rotatable bonds is 8. The number of carbonyl (C=O) groups excluding carboxylic acids is 2. The summed E-state index contributed by atoms with van der Waals surface area (Å²) in [5, 5.41) is 18.1. The average Bonchev–Trinajstić information content (AvgIpc) is 3.63. The fourth-order valence-corrected chi connectivity index (χ4v) is 13.2. The summed E-state index contributed by atoms with van der Waals surface area (Å²) in [7, 11) is 0. The Morgan fingerprint density at radius 2 is 1.69 bits per heavy atom. The van der Waals surface area contributed by atoms with Gasteiger partial charge >= 0.3 is 11.9 Å². The molecule has 1 N–H and O–H groups in total. The molecule has 5 aliphatic rings. The molecule has 54 heavy (non-hydrogen) atoms. The molecule has 0 radical (unpaired) electrons. The first-order valence-corrected chi connectivity index (χ1v) is 20.1. The Labute approximate surface area is 318 Å². The maximum Gasteiger partial charge on any atom is 0.309 e. The zero-order chi connectivity index (χ0) is 39.4. The van der Waals surface area contributed by atoms with E-state index >= 15 is 0 Å². The van der Waals surface area contributed by atoms with Crippen molar-refractivity contribution in [3.05, 3.63) is 46.9 Å². The van der Waals surface area contributed by atoms with Crippen molar-refractivity contribution in [2.75, 3.05) is 0 Å². The second kappa shape index (κ2) is 12.8. The molecule has 10 heteroatoms. The van der Waals surface area contributed by atoms with Gasteiger partial charge in [-0.25, -0.2) is 8.78 Å². The maximum absolute atomic E-state index is 14.7. The van der Waals surface area contributed by atoms with Gasteiger partial charge in [-0.3, -0.25) is 14.4 Å². The van der Waals surface area contributed by atoms with Gasteiger partial charge in [-0.2, -0.15) is 0 Å². The molecule has 4 fully saturated rings. The lowest BCUT2D eigenvalue weighted by molar-refractivity contribution is -0.233. The monoisotopic (exact) mass is 748 g/mol. The summed E-state index contributed by atoms with van der Waals surface area (Å²) in [6.07, 6.45) is 7.95. The Kier molecular flexibility index (Phi) is 9.21. The number of carboxylic acid groups (broad SMARTS) is 1. The number of carbonyl (C=O) groups is 3. The second-order valence-corrected chi connectivity index (χ2v) is 20.0. The highest BCUT2D eigenvalue weighted by molar-refractivity contribution is 6.00. The molecule has 1 aromatic carbocycles. The number of hydrogen-bond donors (Lipinski definition) is 1. The Morgan fingerprint density at radius 1 is 0.963 bits per heavy atom. The zero-order valence-electron chi connectivity index (χ0n) is 33.5. The predicted octanol–water partition coefficient (Wildman–Crippen LogP) is 9.95. The predicted molar refractivity (Wildman–Crippen MR) is 199 cm³/mol. The van der Waals surface area contributed by atoms with Gasteiger partial charge in [0.15, 0.2) is 5.78 Å². The van der Waals surface area contributed by atoms with Crippen LogP contribution in [0.15, 0.2) is 33.8 Å². The number of ether oxygens (including phenoxy) is 1. The molecule has 8 nitrogen and oxygen atoms in total. The first-order chi connectivity index (χ1) is 25.1. The molecular formula is C44H58F2N2O6. The van der Waals surface area contributed by atoms with Gasteiger partial charge in [-0.1, -0.05) is 54.0 Å². The third-order valence-corrected chi connectivity index (χ3v) is 16.1. The summed E-state index contributed by atoms with van der Waals surface area (Å²) in [5.41, 5.74) is 0.378. The van der Waals surface area contributed by atoms with Crippen LogP contribution in [0.4, 0.5) is 8.78 Å². The third kappa shape index (κ3) is 5.72. The molecule has 0 amide bonds. The van der Waals surface area contributed by atoms with Crippen LogP contribution in [-0.2, 0) is 25.5 Å². The van der Waals surface area contributed by atoms with E-state index in [9.17, 15) is 28.3 Å². The molecule has 7 rings (SSSR count). The standard InChI is InChI=1S/C44H58F2N2O6/c1-24(2)35-29(49)21-44(22-33-47-48-37(54-33)26-11-10-25(45)20-28(26)46)19-18-42(8)27(36(35)44)12-13-31-41(7)16-15-32(53-34(50)23-39(3,4)38(51)52)40(5,6)30(41)14-17-43(31,42)9/h10-11,20,24,27,30-32H,12-19,21-23H2,1-9H3,(H,51,52)/t27-,30+,31-,32+,41+,42-,43-,44+/m1/s1. The number of esters is 1. The molecule has 0 aliphatic heterocycles. The van der Waals surface area contributed by atoms with E-state index in [4.69, 9.17) is 9.15 Å². The molecule has 0 saturated heterocycles. The van der Waals surface area contributed by atoms with Crippen molar-refractivity contribution in [2.45, 2.75) is 139 Å². The van der Waals surface area contributed by atoms with Crippen LogP contribution in [0.1, 0.15) is 132 Å². The third-order valence-electron chi connectivity index (χ3n) is 16.1. The van der Waals surface area contributed by atoms with Crippen molar-refractivity contribution in [1.29, 1.82) is 0 Å². The van der Waals surface area contributed by atoms with Gasteiger partial charge in [0, 0.05) is 29.7 Å². The molecule has 2 aromatic rings. The van der Waals surface area contributed by atoms with Crippen LogP contribution in [0.2, 0.25) is 0 Å². The van der Waals surface area contributed by atoms with Gasteiger partial charge in [0.05, 0.1) is 17.4 Å². The van der Waals surface area contributed by atoms with Crippen molar-refractivity contribution < 1.29 is 37.4 Å². The van der Waals surface area contributed by atoms with Gasteiger partial charge in [0.25, 0.3) is 5.89 Å². The molecule has 0 bridgehead atoms. The lowest BCUT2D eigenvalue weighted by atomic mass is 9.33. The maximum atomic E-state index is 14.7. The normalized spacial score (nSPS) is 36.0. The molecular weight excluding hydrogens is 690 g/mol. The lowest BCUT2D eigenvalue weighted by Crippen LogP contribution is -2.65. The number of benzene rings is 1. The van der Waals surface area contributed by atoms with E-state index in [1.807, 2.05) is 0 Å². The van der Waals surface area contributed by atoms with Crippen molar-refractivity contribution in [1.82, 2.24) is 10.2 Å². The lowest BCUT2D eigenvalue weighted by Gasteiger charge is -2.72. The second-order valence-electron chi connectivity index (χ2n) is 20.0. The number of fused-ring (bicyclic) bond motifs is 7. The number of carboxylic acids is 1. The summed E-state index contributed by atoms with van der Waals surface area (Å²) in [6, 6.07) is 3.29. The minimum Gasteiger partial charge on any atom is -0.481 e. The molecule has 5 aliphatic carbocycles. The summed E-state index contributed by atoms with van der Waals surface area (Å²) >= 11 is 0. The number of ketones is 1. The minimum atomic E-state index is -1.19. The number of halogens is 2. The number of aliphatic carboxylic acids is 1. The number of Topliss-reactive ketones (excluding diaryl/α,β-unsaturated/α-hetero) is 1. The van der Waals surface area contributed by atoms with E-state index in [1.165, 1.54) is 17.7 Å². The van der Waals surface area contributed by atoms with Crippen LogP contribution in [0.5, 0.6) is 0 Å². The van der Waals surface area contributed by atoms with Gasteiger partial charge in [-0.05, 0) is 123 Å². The summed E-state index contributed by atoms with van der Waals surface area (Å²) in [5.74, 6) is -1.24. The molecule has 0 unspecified atom stereocenters. The van der Waals surface area contributed by atoms with Crippen LogP contribution >= 0.6 is 0 Å². The Hall–Kier alpha value is -3.43. The molecule has 4 saturated carbocycles. The number of hydrogen-bond acceptors (Lipinski definition) is 7. The van der Waals surface area contributed by atoms with Gasteiger partial charge in [-0.15, -0.1) is 10.2 Å². The highest BCUT2D eigenvalue weighted by atomic mass is 19.1. The van der Waals surface area contributed by atoms with Crippen molar-refractivity contribution in [3.8, 4) is 11.5 Å². The highest BCUT2D eigenvalue weighted by Crippen LogP contribution is 2.77. The van der Waals surface area contributed by atoms with Crippen LogP contribution < -0.4 is 0 Å². The van der Waals surface area contributed by atoms with Crippen LogP contribution in [0.25, 0.3) is 11.5 Å². The Balaban J connectivity index is 1.18. The van der Waals surface area contributed by atoms with Gasteiger partial charge in [0.2, 0.25) is 5.89 Å². The van der Waals surface area contributed by atoms with Crippen LogP contribution in [-0.4, -0.2) is 39.1 Å². The Bertz CT molecular complexity index is 1910. The summed E-state index contributed by atoms with van der Waals surface area (Å²) in [6.45, 7) is 19.4. The van der Waals surface area contributed by atoms with Gasteiger partial charge < -0.3 is 14.3 Å². The van der Waals surface area contributed by atoms with Crippen LogP contribution in [0, 0.1) is 67.8 Å². The van der Waals surface area contributed by atoms with Gasteiger partial charge in [0.1, 0.15) is 17.7 Å². The SMILES string of the molecule is CC(C)C1=C2[C@H]3CC[C@@H]4[C@@]5(C)CC[C@H](OC(=O)CC(C)(C)C(=O)O)C(C)(C)[C@@H]5CC[C@@]4(C)[C@]3(C)CC[C@@]2(Cc2nnc(-c3ccc(F)cc3F)o2)CC1=O. The van der Waals surface area contributed by atoms with Crippen molar-refractivity contribution in [3.63, 3.8) is 0 Å². The number of allylic oxidation sites excluding steroid dienone is 2.